The molecule has 1 N–H and O–H groups in total. The third kappa shape index (κ3) is 3.26. The number of nitrogens with zero attached hydrogens (tertiary/aromatic N) is 1. The van der Waals surface area contributed by atoms with Gasteiger partial charge in [-0.15, -0.1) is 22.7 Å². The fourth-order valence-electron chi connectivity index (χ4n) is 1.80. The highest BCUT2D eigenvalue weighted by atomic mass is 32.1. The molecule has 0 aliphatic carbocycles. The lowest BCUT2D eigenvalue weighted by Gasteiger charge is -2.24. The Bertz CT molecular complexity index is 604. The number of rotatable bonds is 5. The van der Waals surface area contributed by atoms with Gasteiger partial charge in [0.1, 0.15) is 4.88 Å². The van der Waals surface area contributed by atoms with Gasteiger partial charge in [0.05, 0.1) is 4.88 Å². The molecule has 0 saturated carbocycles. The highest BCUT2D eigenvalue weighted by Gasteiger charge is 2.20. The van der Waals surface area contributed by atoms with Gasteiger partial charge in [-0.2, -0.15) is 0 Å². The minimum Gasteiger partial charge on any atom is -0.477 e. The Labute approximate surface area is 125 Å². The smallest absolute Gasteiger partial charge is 0.345 e. The molecule has 1 amide bonds. The van der Waals surface area contributed by atoms with Crippen LogP contribution in [0.4, 0.5) is 0 Å². The van der Waals surface area contributed by atoms with Crippen LogP contribution in [-0.2, 0) is 6.42 Å². The summed E-state index contributed by atoms with van der Waals surface area (Å²) in [7, 11) is 1.75. The maximum atomic E-state index is 12.3. The second-order valence-corrected chi connectivity index (χ2v) is 6.63. The Morgan fingerprint density at radius 2 is 2.00 bits per heavy atom. The Morgan fingerprint density at radius 3 is 2.55 bits per heavy atom. The van der Waals surface area contributed by atoms with Crippen LogP contribution in [0.3, 0.4) is 0 Å². The van der Waals surface area contributed by atoms with E-state index in [9.17, 15) is 9.59 Å². The van der Waals surface area contributed by atoms with Crippen LogP contribution >= 0.6 is 22.7 Å². The molecule has 1 unspecified atom stereocenters. The number of carbonyl (C=O) groups excluding carboxylic acids is 1. The third-order valence-electron chi connectivity index (χ3n) is 3.09. The first-order chi connectivity index (χ1) is 9.49. The van der Waals surface area contributed by atoms with Crippen molar-refractivity contribution in [1.29, 1.82) is 0 Å². The van der Waals surface area contributed by atoms with E-state index in [1.807, 2.05) is 24.4 Å². The third-order valence-corrected chi connectivity index (χ3v) is 5.05. The molecule has 4 nitrogen and oxygen atoms in total. The van der Waals surface area contributed by atoms with E-state index in [-0.39, 0.29) is 16.8 Å². The first-order valence-electron chi connectivity index (χ1n) is 6.11. The Kier molecular flexibility index (Phi) is 4.57. The van der Waals surface area contributed by atoms with E-state index < -0.39 is 5.97 Å². The number of aromatic carboxylic acids is 1. The molecule has 20 heavy (non-hydrogen) atoms. The van der Waals surface area contributed by atoms with Crippen LogP contribution in [0.1, 0.15) is 31.1 Å². The van der Waals surface area contributed by atoms with Crippen LogP contribution in [0.5, 0.6) is 0 Å². The molecule has 2 rings (SSSR count). The van der Waals surface area contributed by atoms with E-state index in [1.54, 1.807) is 29.4 Å². The fourth-order valence-corrected chi connectivity index (χ4v) is 3.45. The first-order valence-corrected chi connectivity index (χ1v) is 7.81. The van der Waals surface area contributed by atoms with Crippen LogP contribution in [-0.4, -0.2) is 35.0 Å². The minimum absolute atomic E-state index is 0.0662. The molecule has 0 bridgehead atoms. The van der Waals surface area contributed by atoms with Crippen molar-refractivity contribution < 1.29 is 14.7 Å². The van der Waals surface area contributed by atoms with Gasteiger partial charge in [0.2, 0.25) is 0 Å². The summed E-state index contributed by atoms with van der Waals surface area (Å²) in [5.41, 5.74) is 0. The molecule has 0 aromatic carbocycles. The average Bonchev–Trinajstić information content (AvgIpc) is 3.07. The summed E-state index contributed by atoms with van der Waals surface area (Å²) in [6.07, 6.45) is 0.803. The molecular formula is C14H15NO3S2. The van der Waals surface area contributed by atoms with Crippen molar-refractivity contribution in [2.75, 3.05) is 7.05 Å². The number of carbonyl (C=O) groups is 2. The minimum atomic E-state index is -0.997. The lowest BCUT2D eigenvalue weighted by molar-refractivity contribution is 0.0701. The summed E-state index contributed by atoms with van der Waals surface area (Å²) in [6, 6.07) is 7.15. The number of hydrogen-bond donors (Lipinski definition) is 1. The van der Waals surface area contributed by atoms with Gasteiger partial charge in [-0.1, -0.05) is 6.07 Å². The highest BCUT2D eigenvalue weighted by Crippen LogP contribution is 2.20. The van der Waals surface area contributed by atoms with Crippen LogP contribution in [0.15, 0.2) is 29.6 Å². The molecule has 0 aliphatic heterocycles. The van der Waals surface area contributed by atoms with E-state index in [2.05, 4.69) is 0 Å². The lowest BCUT2D eigenvalue weighted by Crippen LogP contribution is -2.35. The van der Waals surface area contributed by atoms with Gasteiger partial charge in [0.25, 0.3) is 5.91 Å². The summed E-state index contributed by atoms with van der Waals surface area (Å²) in [5.74, 6) is -1.13. The number of amides is 1. The van der Waals surface area contributed by atoms with Gasteiger partial charge in [0, 0.05) is 24.4 Å². The summed E-state index contributed by atoms with van der Waals surface area (Å²) >= 11 is 2.69. The van der Waals surface area contributed by atoms with Gasteiger partial charge in [0.15, 0.2) is 0 Å². The van der Waals surface area contributed by atoms with Crippen molar-refractivity contribution in [2.24, 2.45) is 0 Å². The predicted molar refractivity (Wildman–Crippen MR) is 80.9 cm³/mol. The van der Waals surface area contributed by atoms with Crippen molar-refractivity contribution in [1.82, 2.24) is 4.90 Å². The lowest BCUT2D eigenvalue weighted by atomic mass is 10.2. The number of hydrogen-bond acceptors (Lipinski definition) is 4. The maximum absolute atomic E-state index is 12.3. The first kappa shape index (κ1) is 14.7. The van der Waals surface area contributed by atoms with Crippen LogP contribution in [0, 0.1) is 0 Å². The SMILES string of the molecule is CC(Cc1cccs1)N(C)C(=O)c1ccc(C(=O)O)s1. The van der Waals surface area contributed by atoms with E-state index in [0.717, 1.165) is 17.8 Å². The maximum Gasteiger partial charge on any atom is 0.345 e. The molecule has 1 atom stereocenters. The average molecular weight is 309 g/mol. The van der Waals surface area contributed by atoms with Crippen molar-refractivity contribution in [3.05, 3.63) is 44.3 Å². The predicted octanol–water partition coefficient (Wildman–Crippen LogP) is 3.21. The Hall–Kier alpha value is -1.66. The van der Waals surface area contributed by atoms with Gasteiger partial charge in [-0.3, -0.25) is 4.79 Å². The second-order valence-electron chi connectivity index (χ2n) is 4.52. The van der Waals surface area contributed by atoms with Gasteiger partial charge in [-0.25, -0.2) is 4.79 Å². The molecule has 0 spiro atoms. The Balaban J connectivity index is 2.05. The summed E-state index contributed by atoms with van der Waals surface area (Å²) in [5, 5.41) is 10.9. The molecule has 0 radical (unpaired) electrons. The Morgan fingerprint density at radius 1 is 1.30 bits per heavy atom. The van der Waals surface area contributed by atoms with Gasteiger partial charge < -0.3 is 10.0 Å². The summed E-state index contributed by atoms with van der Waals surface area (Å²) in [6.45, 7) is 1.99. The van der Waals surface area contributed by atoms with Crippen molar-refractivity contribution >= 4 is 34.6 Å². The number of likely N-dealkylation sites (N-methyl/N-ethyl adjacent to an activating group) is 1. The molecule has 2 aromatic heterocycles. The zero-order valence-corrected chi connectivity index (χ0v) is 12.8. The normalized spacial score (nSPS) is 12.1. The van der Waals surface area contributed by atoms with Crippen molar-refractivity contribution in [3.8, 4) is 0 Å². The fraction of sp³-hybridized carbons (Fsp3) is 0.286. The zero-order chi connectivity index (χ0) is 14.7. The van der Waals surface area contributed by atoms with E-state index in [1.165, 1.54) is 10.9 Å². The van der Waals surface area contributed by atoms with Gasteiger partial charge in [-0.05, 0) is 30.5 Å². The highest BCUT2D eigenvalue weighted by molar-refractivity contribution is 7.15. The van der Waals surface area contributed by atoms with Gasteiger partial charge >= 0.3 is 5.97 Å². The number of carboxylic acids is 1. The molecule has 2 heterocycles. The molecule has 6 heteroatoms. The summed E-state index contributed by atoms with van der Waals surface area (Å²) in [4.78, 5) is 26.7. The van der Waals surface area contributed by atoms with Crippen LogP contribution < -0.4 is 0 Å². The summed E-state index contributed by atoms with van der Waals surface area (Å²) < 4.78 is 0. The molecular weight excluding hydrogens is 294 g/mol. The standard InChI is InChI=1S/C14H15NO3S2/c1-9(8-10-4-3-7-19-10)15(2)13(16)11-5-6-12(20-11)14(17)18/h3-7,9H,8H2,1-2H3,(H,17,18). The molecule has 0 fully saturated rings. The van der Waals surface area contributed by atoms with E-state index >= 15 is 0 Å². The quantitative estimate of drug-likeness (QED) is 0.922. The van der Waals surface area contributed by atoms with E-state index in [0.29, 0.717) is 4.88 Å². The number of thiophene rings is 2. The largest absolute Gasteiger partial charge is 0.477 e. The van der Waals surface area contributed by atoms with Crippen LogP contribution in [0.2, 0.25) is 0 Å². The molecule has 0 saturated heterocycles. The molecule has 0 aliphatic rings. The number of carboxylic acid groups (broad SMARTS) is 1. The van der Waals surface area contributed by atoms with E-state index in [4.69, 9.17) is 5.11 Å². The molecule has 2 aromatic rings. The van der Waals surface area contributed by atoms with Crippen molar-refractivity contribution in [3.63, 3.8) is 0 Å². The topological polar surface area (TPSA) is 57.6 Å². The van der Waals surface area contributed by atoms with Crippen LogP contribution in [0.25, 0.3) is 0 Å². The zero-order valence-electron chi connectivity index (χ0n) is 11.2. The monoisotopic (exact) mass is 309 g/mol. The molecule has 106 valence electrons. The second kappa shape index (κ2) is 6.19. The van der Waals surface area contributed by atoms with Crippen molar-refractivity contribution in [2.45, 2.75) is 19.4 Å².